The van der Waals surface area contributed by atoms with E-state index in [1.807, 2.05) is 0 Å². The molecule has 2 amide bonds. The van der Waals surface area contributed by atoms with Crippen molar-refractivity contribution in [1.82, 2.24) is 10.2 Å². The van der Waals surface area contributed by atoms with E-state index in [2.05, 4.69) is 5.32 Å². The van der Waals surface area contributed by atoms with Crippen LogP contribution in [-0.4, -0.2) is 42.3 Å². The lowest BCUT2D eigenvalue weighted by Gasteiger charge is -2.24. The van der Waals surface area contributed by atoms with Crippen molar-refractivity contribution in [3.8, 4) is 5.75 Å². The Morgan fingerprint density at radius 2 is 2.38 bits per heavy atom. The summed E-state index contributed by atoms with van der Waals surface area (Å²) in [7, 11) is 1.61. The summed E-state index contributed by atoms with van der Waals surface area (Å²) in [5.74, 6) is -0.190. The molecule has 2 atom stereocenters. The normalized spacial score (nSPS) is 19.0. The molecule has 2 N–H and O–H groups in total. The maximum Gasteiger partial charge on any atom is 0.317 e. The van der Waals surface area contributed by atoms with Crippen LogP contribution in [0.15, 0.2) is 18.2 Å². The van der Waals surface area contributed by atoms with E-state index >= 15 is 0 Å². The second-order valence-corrected chi connectivity index (χ2v) is 5.38. The number of hydrogen-bond donors (Lipinski definition) is 2. The topological polar surface area (TPSA) is 61.8 Å². The highest BCUT2D eigenvalue weighted by Gasteiger charge is 2.24. The predicted molar refractivity (Wildman–Crippen MR) is 76.7 cm³/mol. The van der Waals surface area contributed by atoms with Crippen LogP contribution in [-0.2, 0) is 0 Å². The highest BCUT2D eigenvalue weighted by molar-refractivity contribution is 5.74. The van der Waals surface area contributed by atoms with E-state index in [1.54, 1.807) is 26.1 Å². The molecule has 21 heavy (non-hydrogen) atoms. The minimum Gasteiger partial charge on any atom is -0.490 e. The molecule has 0 aliphatic carbocycles. The molecule has 1 aromatic carbocycles. The SMILES string of the molecule is CC(O)CN(C)C(=O)NC1CCCOc2c(F)cccc21. The average molecular weight is 296 g/mol. The summed E-state index contributed by atoms with van der Waals surface area (Å²) < 4.78 is 19.2. The predicted octanol–water partition coefficient (Wildman–Crippen LogP) is 2.06. The molecule has 1 aromatic rings. The quantitative estimate of drug-likeness (QED) is 0.897. The summed E-state index contributed by atoms with van der Waals surface area (Å²) >= 11 is 0. The van der Waals surface area contributed by atoms with Crippen molar-refractivity contribution in [2.45, 2.75) is 31.9 Å². The Kier molecular flexibility index (Phi) is 5.01. The number of nitrogens with one attached hydrogen (secondary N) is 1. The highest BCUT2D eigenvalue weighted by Crippen LogP contribution is 2.33. The maximum absolute atomic E-state index is 13.8. The van der Waals surface area contributed by atoms with Gasteiger partial charge in [0.25, 0.3) is 0 Å². The minimum absolute atomic E-state index is 0.221. The zero-order chi connectivity index (χ0) is 15.4. The second kappa shape index (κ2) is 6.76. The van der Waals surface area contributed by atoms with Gasteiger partial charge in [-0.15, -0.1) is 0 Å². The van der Waals surface area contributed by atoms with Crippen LogP contribution in [0.5, 0.6) is 5.75 Å². The van der Waals surface area contributed by atoms with Gasteiger partial charge in [0.05, 0.1) is 18.8 Å². The van der Waals surface area contributed by atoms with E-state index in [0.29, 0.717) is 18.6 Å². The molecule has 0 radical (unpaired) electrons. The molecule has 5 nitrogen and oxygen atoms in total. The lowest BCUT2D eigenvalue weighted by molar-refractivity contribution is 0.142. The van der Waals surface area contributed by atoms with Crippen LogP contribution < -0.4 is 10.1 Å². The van der Waals surface area contributed by atoms with Crippen molar-refractivity contribution < 1.29 is 19.0 Å². The fourth-order valence-corrected chi connectivity index (χ4v) is 2.46. The smallest absolute Gasteiger partial charge is 0.317 e. The van der Waals surface area contributed by atoms with Crippen molar-refractivity contribution in [1.29, 1.82) is 0 Å². The van der Waals surface area contributed by atoms with Gasteiger partial charge in [-0.25, -0.2) is 9.18 Å². The second-order valence-electron chi connectivity index (χ2n) is 5.38. The Hall–Kier alpha value is -1.82. The Balaban J connectivity index is 2.14. The number of rotatable bonds is 3. The van der Waals surface area contributed by atoms with Crippen LogP contribution in [0.3, 0.4) is 0 Å². The van der Waals surface area contributed by atoms with Crippen LogP contribution >= 0.6 is 0 Å². The first-order valence-electron chi connectivity index (χ1n) is 7.10. The fraction of sp³-hybridized carbons (Fsp3) is 0.533. The molecule has 0 aromatic heterocycles. The third kappa shape index (κ3) is 3.85. The molecule has 0 fully saturated rings. The lowest BCUT2D eigenvalue weighted by Crippen LogP contribution is -2.42. The van der Waals surface area contributed by atoms with Gasteiger partial charge in [0, 0.05) is 19.2 Å². The standard InChI is InChI=1S/C15H21FN2O3/c1-10(19)9-18(2)15(20)17-13-7-4-8-21-14-11(13)5-3-6-12(14)16/h3,5-6,10,13,19H,4,7-9H2,1-2H3,(H,17,20). The van der Waals surface area contributed by atoms with Crippen LogP contribution in [0.2, 0.25) is 0 Å². The third-order valence-corrected chi connectivity index (χ3v) is 3.44. The van der Waals surface area contributed by atoms with E-state index in [0.717, 1.165) is 6.42 Å². The number of carbonyl (C=O) groups is 1. The number of benzene rings is 1. The molecular weight excluding hydrogens is 275 g/mol. The van der Waals surface area contributed by atoms with Gasteiger partial charge < -0.3 is 20.1 Å². The summed E-state index contributed by atoms with van der Waals surface area (Å²) in [5, 5.41) is 12.2. The van der Waals surface area contributed by atoms with E-state index < -0.39 is 11.9 Å². The number of hydrogen-bond acceptors (Lipinski definition) is 3. The number of likely N-dealkylation sites (N-methyl/N-ethyl adjacent to an activating group) is 1. The van der Waals surface area contributed by atoms with Crippen LogP contribution in [0.1, 0.15) is 31.4 Å². The Morgan fingerprint density at radius 3 is 3.10 bits per heavy atom. The first-order chi connectivity index (χ1) is 9.99. The Bertz CT molecular complexity index is 508. The molecule has 0 saturated carbocycles. The first-order valence-corrected chi connectivity index (χ1v) is 7.10. The number of aliphatic hydroxyl groups is 1. The van der Waals surface area contributed by atoms with Crippen LogP contribution in [0.4, 0.5) is 9.18 Å². The molecule has 1 heterocycles. The summed E-state index contributed by atoms with van der Waals surface area (Å²) in [4.78, 5) is 13.5. The number of para-hydroxylation sites is 1. The summed E-state index contributed by atoms with van der Waals surface area (Å²) in [6, 6.07) is 4.15. The molecule has 0 spiro atoms. The number of fused-ring (bicyclic) bond motifs is 1. The Labute approximate surface area is 123 Å². The van der Waals surface area contributed by atoms with Gasteiger partial charge >= 0.3 is 6.03 Å². The number of nitrogens with zero attached hydrogens (tertiary/aromatic N) is 1. The van der Waals surface area contributed by atoms with Gasteiger partial charge in [-0.05, 0) is 25.8 Å². The molecule has 6 heteroatoms. The summed E-state index contributed by atoms with van der Waals surface area (Å²) in [5.41, 5.74) is 0.659. The van der Waals surface area contributed by atoms with Crippen LogP contribution in [0, 0.1) is 5.82 Å². The molecule has 2 unspecified atom stereocenters. The first kappa shape index (κ1) is 15.6. The van der Waals surface area contributed by atoms with Crippen LogP contribution in [0.25, 0.3) is 0 Å². The van der Waals surface area contributed by atoms with Crippen molar-refractivity contribution in [2.24, 2.45) is 0 Å². The lowest BCUT2D eigenvalue weighted by atomic mass is 10.0. The maximum atomic E-state index is 13.8. The molecule has 2 rings (SSSR count). The van der Waals surface area contributed by atoms with Gasteiger partial charge in [0.2, 0.25) is 0 Å². The number of urea groups is 1. The Morgan fingerprint density at radius 1 is 1.62 bits per heavy atom. The average Bonchev–Trinajstić information content (AvgIpc) is 2.62. The van der Waals surface area contributed by atoms with Gasteiger partial charge in [-0.3, -0.25) is 0 Å². The molecule has 1 aliphatic rings. The molecule has 0 bridgehead atoms. The number of carbonyl (C=O) groups excluding carboxylic acids is 1. The van der Waals surface area contributed by atoms with E-state index in [9.17, 15) is 14.3 Å². The largest absolute Gasteiger partial charge is 0.490 e. The van der Waals surface area contributed by atoms with Gasteiger partial charge in [-0.2, -0.15) is 0 Å². The number of ether oxygens (including phenoxy) is 1. The number of amides is 2. The van der Waals surface area contributed by atoms with Gasteiger partial charge in [0.15, 0.2) is 11.6 Å². The highest BCUT2D eigenvalue weighted by atomic mass is 19.1. The number of aliphatic hydroxyl groups excluding tert-OH is 1. The van der Waals surface area contributed by atoms with Gasteiger partial charge in [-0.1, -0.05) is 12.1 Å². The molecule has 116 valence electrons. The molecule has 1 aliphatic heterocycles. The van der Waals surface area contributed by atoms with Crippen molar-refractivity contribution in [2.75, 3.05) is 20.2 Å². The minimum atomic E-state index is -0.594. The van der Waals surface area contributed by atoms with Crippen molar-refractivity contribution >= 4 is 6.03 Å². The monoisotopic (exact) mass is 296 g/mol. The third-order valence-electron chi connectivity index (χ3n) is 3.44. The van der Waals surface area contributed by atoms with E-state index in [-0.39, 0.29) is 24.4 Å². The molecule has 0 saturated heterocycles. The zero-order valence-electron chi connectivity index (χ0n) is 12.3. The summed E-state index contributed by atoms with van der Waals surface area (Å²) in [6.07, 6.45) is 0.826. The van der Waals surface area contributed by atoms with E-state index in [4.69, 9.17) is 4.74 Å². The molecular formula is C15H21FN2O3. The van der Waals surface area contributed by atoms with Crippen molar-refractivity contribution in [3.05, 3.63) is 29.6 Å². The van der Waals surface area contributed by atoms with Gasteiger partial charge in [0.1, 0.15) is 0 Å². The fourth-order valence-electron chi connectivity index (χ4n) is 2.46. The summed E-state index contributed by atoms with van der Waals surface area (Å²) in [6.45, 7) is 2.29. The van der Waals surface area contributed by atoms with Crippen molar-refractivity contribution in [3.63, 3.8) is 0 Å². The number of halogens is 1. The van der Waals surface area contributed by atoms with E-state index in [1.165, 1.54) is 11.0 Å². The zero-order valence-corrected chi connectivity index (χ0v) is 12.3.